The highest BCUT2D eigenvalue weighted by Crippen LogP contribution is 2.17. The molecule has 0 spiro atoms. The summed E-state index contributed by atoms with van der Waals surface area (Å²) in [5.41, 5.74) is 0.390. The lowest BCUT2D eigenvalue weighted by atomic mass is 10.1. The predicted molar refractivity (Wildman–Crippen MR) is 84.3 cm³/mol. The number of fused-ring (bicyclic) bond motifs is 1. The number of carbonyl (C=O) groups excluding carboxylic acids is 1. The summed E-state index contributed by atoms with van der Waals surface area (Å²) < 4.78 is 28.8. The first kappa shape index (κ1) is 17.2. The highest BCUT2D eigenvalue weighted by atomic mass is 32.2. The number of primary sulfonamides is 1. The number of nitrogens with zero attached hydrogens (tertiary/aromatic N) is 1. The van der Waals surface area contributed by atoms with E-state index in [4.69, 9.17) is 9.56 Å². The molecule has 0 aliphatic rings. The molecule has 9 heteroatoms. The van der Waals surface area contributed by atoms with Gasteiger partial charge in [-0.05, 0) is 25.0 Å². The van der Waals surface area contributed by atoms with Gasteiger partial charge in [0.05, 0.1) is 10.4 Å². The van der Waals surface area contributed by atoms with E-state index in [-0.39, 0.29) is 34.9 Å². The van der Waals surface area contributed by atoms with Crippen molar-refractivity contribution in [2.75, 3.05) is 0 Å². The second-order valence-corrected chi connectivity index (χ2v) is 7.29. The molecular formula is C14H19N3O5S. The van der Waals surface area contributed by atoms with Crippen molar-refractivity contribution >= 4 is 27.0 Å². The molecule has 0 aliphatic heterocycles. The van der Waals surface area contributed by atoms with Gasteiger partial charge in [0.25, 0.3) is 0 Å². The second-order valence-electron chi connectivity index (χ2n) is 5.73. The van der Waals surface area contributed by atoms with Crippen LogP contribution in [-0.2, 0) is 21.4 Å². The standard InChI is InChI=1S/C14H19N3O5S/c1-8(2)9(3)16-13(18)7-17-11-5-4-10(23(15,20)21)6-12(11)22-14(17)19/h4-6,8-9H,7H2,1-3H3,(H,16,18)(H2,15,20,21). The molecule has 23 heavy (non-hydrogen) atoms. The maximum Gasteiger partial charge on any atom is 0.420 e. The van der Waals surface area contributed by atoms with Gasteiger partial charge in [0, 0.05) is 12.1 Å². The highest BCUT2D eigenvalue weighted by molar-refractivity contribution is 7.89. The number of hydrogen-bond acceptors (Lipinski definition) is 5. The van der Waals surface area contributed by atoms with Crippen molar-refractivity contribution < 1.29 is 17.6 Å². The third-order valence-electron chi connectivity index (χ3n) is 3.66. The molecule has 8 nitrogen and oxygen atoms in total. The van der Waals surface area contributed by atoms with Crippen LogP contribution in [0.3, 0.4) is 0 Å². The van der Waals surface area contributed by atoms with Crippen LogP contribution in [0.2, 0.25) is 0 Å². The quantitative estimate of drug-likeness (QED) is 0.814. The fraction of sp³-hybridized carbons (Fsp3) is 0.429. The first-order chi connectivity index (χ1) is 10.6. The van der Waals surface area contributed by atoms with E-state index in [9.17, 15) is 18.0 Å². The average molecular weight is 341 g/mol. The molecule has 1 atom stereocenters. The smallest absolute Gasteiger partial charge is 0.408 e. The van der Waals surface area contributed by atoms with Gasteiger partial charge in [0.1, 0.15) is 6.54 Å². The predicted octanol–water partition coefficient (Wildman–Crippen LogP) is 0.403. The number of hydrogen-bond donors (Lipinski definition) is 2. The number of aromatic nitrogens is 1. The van der Waals surface area contributed by atoms with Gasteiger partial charge in [-0.15, -0.1) is 0 Å². The minimum absolute atomic E-state index is 0.0367. The first-order valence-corrected chi connectivity index (χ1v) is 8.60. The molecule has 1 amide bonds. The minimum Gasteiger partial charge on any atom is -0.408 e. The number of nitrogens with one attached hydrogen (secondary N) is 1. The van der Waals surface area contributed by atoms with Crippen molar-refractivity contribution in [1.82, 2.24) is 9.88 Å². The van der Waals surface area contributed by atoms with E-state index < -0.39 is 15.8 Å². The van der Waals surface area contributed by atoms with Crippen molar-refractivity contribution in [3.05, 3.63) is 28.7 Å². The number of amides is 1. The number of benzene rings is 1. The summed E-state index contributed by atoms with van der Waals surface area (Å²) in [7, 11) is -3.90. The third kappa shape index (κ3) is 3.80. The molecule has 2 aromatic rings. The number of rotatable bonds is 5. The lowest BCUT2D eigenvalue weighted by molar-refractivity contribution is -0.122. The molecule has 0 saturated heterocycles. The zero-order chi connectivity index (χ0) is 17.4. The molecular weight excluding hydrogens is 322 g/mol. The Balaban J connectivity index is 2.33. The van der Waals surface area contributed by atoms with Gasteiger partial charge in [0.2, 0.25) is 15.9 Å². The Morgan fingerprint density at radius 1 is 1.35 bits per heavy atom. The summed E-state index contributed by atoms with van der Waals surface area (Å²) in [4.78, 5) is 23.7. The molecule has 0 fully saturated rings. The summed E-state index contributed by atoms with van der Waals surface area (Å²) in [6.07, 6.45) is 0. The zero-order valence-corrected chi connectivity index (χ0v) is 13.9. The summed E-state index contributed by atoms with van der Waals surface area (Å²) in [5, 5.41) is 7.83. The van der Waals surface area contributed by atoms with Gasteiger partial charge in [0.15, 0.2) is 5.58 Å². The third-order valence-corrected chi connectivity index (χ3v) is 4.57. The summed E-state index contributed by atoms with van der Waals surface area (Å²) in [5.74, 6) is -0.806. The van der Waals surface area contributed by atoms with Gasteiger partial charge in [-0.25, -0.2) is 18.4 Å². The number of nitrogens with two attached hydrogens (primary N) is 1. The molecule has 1 aromatic carbocycles. The van der Waals surface area contributed by atoms with Gasteiger partial charge in [-0.1, -0.05) is 13.8 Å². The first-order valence-electron chi connectivity index (χ1n) is 7.05. The van der Waals surface area contributed by atoms with Gasteiger partial charge in [-0.3, -0.25) is 9.36 Å². The van der Waals surface area contributed by atoms with E-state index in [2.05, 4.69) is 5.32 Å². The van der Waals surface area contributed by atoms with Gasteiger partial charge >= 0.3 is 5.76 Å². The second kappa shape index (κ2) is 6.17. The maximum absolute atomic E-state index is 12.0. The molecule has 1 unspecified atom stereocenters. The van der Waals surface area contributed by atoms with Crippen LogP contribution in [0.1, 0.15) is 20.8 Å². The Morgan fingerprint density at radius 2 is 2.00 bits per heavy atom. The number of carbonyl (C=O) groups is 1. The van der Waals surface area contributed by atoms with E-state index in [0.717, 1.165) is 10.6 Å². The Kier molecular flexibility index (Phi) is 4.62. The Hall–Kier alpha value is -2.13. The minimum atomic E-state index is -3.90. The Bertz CT molecular complexity index is 895. The van der Waals surface area contributed by atoms with E-state index in [0.29, 0.717) is 5.52 Å². The summed E-state index contributed by atoms with van der Waals surface area (Å²) in [6, 6.07) is 3.78. The lowest BCUT2D eigenvalue weighted by Crippen LogP contribution is -2.39. The average Bonchev–Trinajstić information content (AvgIpc) is 2.73. The van der Waals surface area contributed by atoms with Crippen LogP contribution in [0.25, 0.3) is 11.1 Å². The van der Waals surface area contributed by atoms with Crippen molar-refractivity contribution in [3.8, 4) is 0 Å². The SMILES string of the molecule is CC(C)C(C)NC(=O)Cn1c(=O)oc2cc(S(N)(=O)=O)ccc21. The van der Waals surface area contributed by atoms with Crippen LogP contribution in [0.5, 0.6) is 0 Å². The normalized spacial score (nSPS) is 13.4. The molecule has 3 N–H and O–H groups in total. The van der Waals surface area contributed by atoms with E-state index >= 15 is 0 Å². The molecule has 0 saturated carbocycles. The largest absolute Gasteiger partial charge is 0.420 e. The Labute approximate surface area is 133 Å². The van der Waals surface area contributed by atoms with Crippen molar-refractivity contribution in [3.63, 3.8) is 0 Å². The molecule has 0 radical (unpaired) electrons. The lowest BCUT2D eigenvalue weighted by Gasteiger charge is -2.17. The van der Waals surface area contributed by atoms with Gasteiger partial charge < -0.3 is 9.73 Å². The van der Waals surface area contributed by atoms with Crippen molar-refractivity contribution in [1.29, 1.82) is 0 Å². The molecule has 126 valence electrons. The van der Waals surface area contributed by atoms with E-state index in [1.165, 1.54) is 12.1 Å². The van der Waals surface area contributed by atoms with Gasteiger partial charge in [-0.2, -0.15) is 0 Å². The topological polar surface area (TPSA) is 124 Å². The maximum atomic E-state index is 12.0. The van der Waals surface area contributed by atoms with Crippen molar-refractivity contribution in [2.45, 2.75) is 38.3 Å². The Morgan fingerprint density at radius 3 is 2.57 bits per heavy atom. The van der Waals surface area contributed by atoms with E-state index in [1.54, 1.807) is 0 Å². The fourth-order valence-electron chi connectivity index (χ4n) is 1.98. The molecule has 0 aliphatic carbocycles. The van der Waals surface area contributed by atoms with Crippen molar-refractivity contribution in [2.24, 2.45) is 11.1 Å². The number of sulfonamides is 1. The van der Waals surface area contributed by atoms with Crippen LogP contribution in [0.4, 0.5) is 0 Å². The molecule has 1 aromatic heterocycles. The van der Waals surface area contributed by atoms with Crippen LogP contribution in [-0.4, -0.2) is 24.9 Å². The molecule has 1 heterocycles. The highest BCUT2D eigenvalue weighted by Gasteiger charge is 2.17. The fourth-order valence-corrected chi connectivity index (χ4v) is 2.51. The van der Waals surface area contributed by atoms with Crippen LogP contribution >= 0.6 is 0 Å². The molecule has 2 rings (SSSR count). The zero-order valence-electron chi connectivity index (χ0n) is 13.1. The van der Waals surface area contributed by atoms with E-state index in [1.807, 2.05) is 20.8 Å². The summed E-state index contributed by atoms with van der Waals surface area (Å²) >= 11 is 0. The molecule has 0 bridgehead atoms. The van der Waals surface area contributed by atoms with Crippen LogP contribution in [0.15, 0.2) is 32.3 Å². The number of oxazole rings is 1. The summed E-state index contributed by atoms with van der Waals surface area (Å²) in [6.45, 7) is 5.60. The van der Waals surface area contributed by atoms with Crippen LogP contribution < -0.4 is 16.2 Å². The van der Waals surface area contributed by atoms with Crippen LogP contribution in [0, 0.1) is 5.92 Å². The monoisotopic (exact) mass is 341 g/mol.